The number of ether oxygens (including phenoxy) is 1. The highest BCUT2D eigenvalue weighted by atomic mass is 16.5. The zero-order valence-corrected chi connectivity index (χ0v) is 17.9. The van der Waals surface area contributed by atoms with Gasteiger partial charge in [0, 0.05) is 47.8 Å². The topological polar surface area (TPSA) is 70.5 Å². The molecule has 0 spiro atoms. The van der Waals surface area contributed by atoms with Gasteiger partial charge in [-0.05, 0) is 55.5 Å². The van der Waals surface area contributed by atoms with Gasteiger partial charge >= 0.3 is 5.63 Å². The predicted octanol–water partition coefficient (Wildman–Crippen LogP) is 4.92. The number of anilines is 1. The second kappa shape index (κ2) is 8.12. The molecule has 2 N–H and O–H groups in total. The second-order valence-corrected chi connectivity index (χ2v) is 8.28. The fraction of sp³-hybridized carbons (Fsp3) is 0.320. The molecule has 1 atom stereocenters. The molecule has 1 fully saturated rings. The van der Waals surface area contributed by atoms with Crippen LogP contribution >= 0.6 is 0 Å². The van der Waals surface area contributed by atoms with E-state index >= 15 is 0 Å². The number of hydrogen-bond acceptors (Lipinski definition) is 5. The summed E-state index contributed by atoms with van der Waals surface area (Å²) < 4.78 is 10.7. The summed E-state index contributed by atoms with van der Waals surface area (Å²) in [6.45, 7) is 4.26. The molecular weight excluding hydrogens is 390 g/mol. The van der Waals surface area contributed by atoms with Gasteiger partial charge in [0.15, 0.2) is 0 Å². The van der Waals surface area contributed by atoms with Crippen LogP contribution in [0.5, 0.6) is 5.75 Å². The van der Waals surface area contributed by atoms with Gasteiger partial charge in [0.25, 0.3) is 0 Å². The summed E-state index contributed by atoms with van der Waals surface area (Å²) in [6.07, 6.45) is 2.02. The first-order valence-electron chi connectivity index (χ1n) is 10.8. The van der Waals surface area contributed by atoms with Crippen molar-refractivity contribution in [2.24, 2.45) is 0 Å². The first-order chi connectivity index (χ1) is 15.1. The number of H-pyrrole nitrogens is 1. The molecule has 0 aliphatic carbocycles. The van der Waals surface area contributed by atoms with Crippen LogP contribution in [0.2, 0.25) is 0 Å². The van der Waals surface area contributed by atoms with Crippen LogP contribution in [-0.4, -0.2) is 36.1 Å². The number of benzene rings is 2. The average molecular weight is 418 g/mol. The van der Waals surface area contributed by atoms with Crippen molar-refractivity contribution in [1.82, 2.24) is 9.88 Å². The fourth-order valence-electron chi connectivity index (χ4n) is 4.56. The van der Waals surface area contributed by atoms with Crippen molar-refractivity contribution in [2.75, 3.05) is 25.5 Å². The first kappa shape index (κ1) is 19.7. The van der Waals surface area contributed by atoms with Crippen molar-refractivity contribution in [2.45, 2.75) is 31.8 Å². The van der Waals surface area contributed by atoms with E-state index < -0.39 is 0 Å². The number of fused-ring (bicyclic) bond motifs is 2. The summed E-state index contributed by atoms with van der Waals surface area (Å²) >= 11 is 0. The third-order valence-corrected chi connectivity index (χ3v) is 6.39. The Balaban J connectivity index is 1.29. The number of aromatic nitrogens is 1. The molecule has 160 valence electrons. The second-order valence-electron chi connectivity index (χ2n) is 8.28. The Morgan fingerprint density at radius 2 is 1.94 bits per heavy atom. The van der Waals surface area contributed by atoms with Crippen LogP contribution in [0.15, 0.2) is 63.8 Å². The van der Waals surface area contributed by atoms with Gasteiger partial charge in [-0.15, -0.1) is 0 Å². The van der Waals surface area contributed by atoms with E-state index in [-0.39, 0.29) is 5.63 Å². The Labute approximate surface area is 180 Å². The van der Waals surface area contributed by atoms with E-state index in [1.54, 1.807) is 25.3 Å². The van der Waals surface area contributed by atoms with Gasteiger partial charge in [0.2, 0.25) is 0 Å². The molecule has 1 aliphatic rings. The molecule has 0 amide bonds. The molecule has 6 nitrogen and oxygen atoms in total. The maximum atomic E-state index is 12.0. The monoisotopic (exact) mass is 417 g/mol. The molecule has 2 aromatic carbocycles. The van der Waals surface area contributed by atoms with Crippen molar-refractivity contribution in [3.8, 4) is 5.75 Å². The molecule has 1 saturated heterocycles. The summed E-state index contributed by atoms with van der Waals surface area (Å²) in [7, 11) is 1.64. The molecule has 5 rings (SSSR count). The number of hydrogen-bond donors (Lipinski definition) is 2. The van der Waals surface area contributed by atoms with Gasteiger partial charge in [-0.25, -0.2) is 4.79 Å². The van der Waals surface area contributed by atoms with Crippen LogP contribution in [0.1, 0.15) is 31.5 Å². The fourth-order valence-corrected chi connectivity index (χ4v) is 4.56. The smallest absolute Gasteiger partial charge is 0.338 e. The Bertz CT molecular complexity index is 1230. The predicted molar refractivity (Wildman–Crippen MR) is 124 cm³/mol. The van der Waals surface area contributed by atoms with Gasteiger partial charge in [-0.1, -0.05) is 18.2 Å². The third-order valence-electron chi connectivity index (χ3n) is 6.39. The Hall–Kier alpha value is -3.25. The summed E-state index contributed by atoms with van der Waals surface area (Å²) in [4.78, 5) is 18.1. The van der Waals surface area contributed by atoms with E-state index in [4.69, 9.17) is 9.15 Å². The van der Waals surface area contributed by atoms with Gasteiger partial charge in [0.1, 0.15) is 11.3 Å². The number of nitrogens with one attached hydrogen (secondary N) is 2. The van der Waals surface area contributed by atoms with Gasteiger partial charge < -0.3 is 19.5 Å². The van der Waals surface area contributed by atoms with Crippen molar-refractivity contribution in [3.05, 3.63) is 70.7 Å². The lowest BCUT2D eigenvalue weighted by Gasteiger charge is -2.36. The molecule has 4 aromatic rings. The molecule has 3 heterocycles. The Morgan fingerprint density at radius 3 is 2.71 bits per heavy atom. The zero-order valence-electron chi connectivity index (χ0n) is 17.9. The van der Waals surface area contributed by atoms with E-state index in [2.05, 4.69) is 52.5 Å². The summed E-state index contributed by atoms with van der Waals surface area (Å²) in [5, 5.41) is 5.71. The summed E-state index contributed by atoms with van der Waals surface area (Å²) in [5.41, 5.74) is 3.48. The number of piperidine rings is 1. The van der Waals surface area contributed by atoms with Crippen LogP contribution in [0.4, 0.5) is 5.69 Å². The van der Waals surface area contributed by atoms with E-state index in [0.29, 0.717) is 17.7 Å². The number of para-hydroxylation sites is 1. The average Bonchev–Trinajstić information content (AvgIpc) is 3.23. The first-order valence-corrected chi connectivity index (χ1v) is 10.8. The lowest BCUT2D eigenvalue weighted by Crippen LogP contribution is -2.40. The standard InChI is InChI=1S/C25H27N3O3/c1-16(22-13-17-5-3-4-6-21(17)27-22)28-11-9-18(10-12-28)26-23-15-25(29)31-24-8-7-19(30-2)14-20(23)24/h3-8,13-16,18,26-27H,9-12H2,1-2H3. The highest BCUT2D eigenvalue weighted by molar-refractivity contribution is 5.90. The maximum Gasteiger partial charge on any atom is 0.338 e. The normalized spacial score (nSPS) is 16.6. The van der Waals surface area contributed by atoms with Gasteiger partial charge in [-0.2, -0.15) is 0 Å². The van der Waals surface area contributed by atoms with E-state index in [0.717, 1.165) is 42.8 Å². The van der Waals surface area contributed by atoms with Crippen LogP contribution < -0.4 is 15.7 Å². The summed E-state index contributed by atoms with van der Waals surface area (Å²) in [5.74, 6) is 0.742. The van der Waals surface area contributed by atoms with Crippen LogP contribution in [0, 0.1) is 0 Å². The van der Waals surface area contributed by atoms with Gasteiger partial charge in [0.05, 0.1) is 12.8 Å². The zero-order chi connectivity index (χ0) is 21.4. The van der Waals surface area contributed by atoms with E-state index in [9.17, 15) is 4.79 Å². The van der Waals surface area contributed by atoms with Crippen molar-refractivity contribution in [3.63, 3.8) is 0 Å². The number of aromatic amines is 1. The minimum absolute atomic E-state index is 0.308. The number of nitrogens with zero attached hydrogens (tertiary/aromatic N) is 1. The number of methoxy groups -OCH3 is 1. The minimum Gasteiger partial charge on any atom is -0.497 e. The molecule has 0 bridgehead atoms. The third kappa shape index (κ3) is 3.91. The molecule has 2 aromatic heterocycles. The molecular formula is C25H27N3O3. The lowest BCUT2D eigenvalue weighted by atomic mass is 10.0. The van der Waals surface area contributed by atoms with Crippen molar-refractivity contribution < 1.29 is 9.15 Å². The molecule has 31 heavy (non-hydrogen) atoms. The highest BCUT2D eigenvalue weighted by Crippen LogP contribution is 2.30. The lowest BCUT2D eigenvalue weighted by molar-refractivity contribution is 0.165. The van der Waals surface area contributed by atoms with Gasteiger partial charge in [-0.3, -0.25) is 4.90 Å². The maximum absolute atomic E-state index is 12.0. The van der Waals surface area contributed by atoms with Crippen LogP contribution in [0.3, 0.4) is 0 Å². The number of rotatable bonds is 5. The SMILES string of the molecule is COc1ccc2oc(=O)cc(NC3CCN(C(C)c4cc5ccccc5[nH]4)CC3)c2c1. The largest absolute Gasteiger partial charge is 0.497 e. The molecule has 1 unspecified atom stereocenters. The van der Waals surface area contributed by atoms with E-state index in [1.165, 1.54) is 16.6 Å². The minimum atomic E-state index is -0.343. The quantitative estimate of drug-likeness (QED) is 0.451. The molecule has 6 heteroatoms. The van der Waals surface area contributed by atoms with Crippen molar-refractivity contribution in [1.29, 1.82) is 0 Å². The Kier molecular flexibility index (Phi) is 5.16. The van der Waals surface area contributed by atoms with Crippen molar-refractivity contribution >= 4 is 27.6 Å². The summed E-state index contributed by atoms with van der Waals surface area (Å²) in [6, 6.07) is 18.3. The van der Waals surface area contributed by atoms with Crippen LogP contribution in [-0.2, 0) is 0 Å². The van der Waals surface area contributed by atoms with E-state index in [1.807, 2.05) is 6.07 Å². The molecule has 0 saturated carbocycles. The molecule has 1 aliphatic heterocycles. The molecule has 0 radical (unpaired) electrons. The highest BCUT2D eigenvalue weighted by Gasteiger charge is 2.25. The number of likely N-dealkylation sites (tertiary alicyclic amines) is 1. The Morgan fingerprint density at radius 1 is 1.13 bits per heavy atom. The van der Waals surface area contributed by atoms with Crippen LogP contribution in [0.25, 0.3) is 21.9 Å².